The van der Waals surface area contributed by atoms with E-state index in [2.05, 4.69) is 36.5 Å². The maximum Gasteiger partial charge on any atom is 0.234 e. The average molecular weight is 290 g/mol. The van der Waals surface area contributed by atoms with Crippen molar-refractivity contribution in [2.75, 3.05) is 13.2 Å². The summed E-state index contributed by atoms with van der Waals surface area (Å²) >= 11 is 0. The zero-order chi connectivity index (χ0) is 15.1. The minimum absolute atomic E-state index is 0.162. The Hall–Kier alpha value is -1.39. The van der Waals surface area contributed by atoms with Gasteiger partial charge in [0.15, 0.2) is 0 Å². The highest BCUT2D eigenvalue weighted by Crippen LogP contribution is 2.32. The molecular formula is C17H26N2O2. The molecule has 1 aromatic carbocycles. The normalized spacial score (nSPS) is 19.0. The van der Waals surface area contributed by atoms with Crippen LogP contribution >= 0.6 is 0 Å². The van der Waals surface area contributed by atoms with E-state index in [1.54, 1.807) is 0 Å². The number of nitrogens with two attached hydrogens (primary N) is 1. The molecule has 0 spiro atoms. The van der Waals surface area contributed by atoms with Crippen LogP contribution in [0.3, 0.4) is 0 Å². The fourth-order valence-electron chi connectivity index (χ4n) is 2.87. The lowest BCUT2D eigenvalue weighted by atomic mass is 9.89. The van der Waals surface area contributed by atoms with E-state index in [0.717, 1.165) is 32.2 Å². The number of carbonyl (C=O) groups excluding carboxylic acids is 1. The van der Waals surface area contributed by atoms with Crippen LogP contribution in [0, 0.1) is 0 Å². The summed E-state index contributed by atoms with van der Waals surface area (Å²) in [6.45, 7) is 3.43. The van der Waals surface area contributed by atoms with Gasteiger partial charge in [0.2, 0.25) is 5.91 Å². The van der Waals surface area contributed by atoms with Crippen LogP contribution in [-0.4, -0.2) is 25.1 Å². The van der Waals surface area contributed by atoms with Crippen molar-refractivity contribution in [3.63, 3.8) is 0 Å². The molecule has 0 heterocycles. The first kappa shape index (κ1) is 16.0. The molecule has 0 aromatic heterocycles. The molecule has 0 bridgehead atoms. The van der Waals surface area contributed by atoms with Gasteiger partial charge in [-0.2, -0.15) is 0 Å². The number of carbonyl (C=O) groups is 1. The van der Waals surface area contributed by atoms with Gasteiger partial charge in [-0.1, -0.05) is 31.2 Å². The minimum atomic E-state index is -0.295. The molecule has 0 saturated heterocycles. The van der Waals surface area contributed by atoms with Crippen molar-refractivity contribution in [3.8, 4) is 0 Å². The summed E-state index contributed by atoms with van der Waals surface area (Å²) in [6, 6.07) is 8.19. The lowest BCUT2D eigenvalue weighted by Gasteiger charge is -2.26. The third-order valence-corrected chi connectivity index (χ3v) is 4.02. The summed E-state index contributed by atoms with van der Waals surface area (Å²) in [5.74, 6) is -0.295. The van der Waals surface area contributed by atoms with E-state index in [-0.39, 0.29) is 18.1 Å². The highest BCUT2D eigenvalue weighted by molar-refractivity contribution is 5.79. The highest BCUT2D eigenvalue weighted by atomic mass is 16.5. The average Bonchev–Trinajstić information content (AvgIpc) is 2.50. The smallest absolute Gasteiger partial charge is 0.234 e. The van der Waals surface area contributed by atoms with Crippen molar-refractivity contribution < 1.29 is 9.53 Å². The number of fused-ring (bicyclic) bond motifs is 1. The summed E-state index contributed by atoms with van der Waals surface area (Å²) in [5.41, 5.74) is 8.12. The Morgan fingerprint density at radius 2 is 2.29 bits per heavy atom. The zero-order valence-corrected chi connectivity index (χ0v) is 12.8. The van der Waals surface area contributed by atoms with E-state index >= 15 is 0 Å². The Morgan fingerprint density at radius 3 is 3.05 bits per heavy atom. The van der Waals surface area contributed by atoms with Crippen molar-refractivity contribution in [1.82, 2.24) is 5.32 Å². The summed E-state index contributed by atoms with van der Waals surface area (Å²) in [6.07, 6.45) is 5.14. The number of rotatable bonds is 8. The number of hydrogen-bond donors (Lipinski definition) is 2. The van der Waals surface area contributed by atoms with Crippen LogP contribution in [0.15, 0.2) is 24.3 Å². The topological polar surface area (TPSA) is 64.3 Å². The standard InChI is InChI=1S/C17H26N2O2/c1-2-11-19-15(17(18)20)10-12-21-16-9-5-7-13-6-3-4-8-14(13)16/h3-4,6,8,15-16,19H,2,5,7,9-12H2,1H3,(H2,18,20). The molecule has 116 valence electrons. The number of aryl methyl sites for hydroxylation is 1. The van der Waals surface area contributed by atoms with E-state index in [0.29, 0.717) is 13.0 Å². The van der Waals surface area contributed by atoms with Crippen molar-refractivity contribution in [3.05, 3.63) is 35.4 Å². The van der Waals surface area contributed by atoms with Gasteiger partial charge in [0.25, 0.3) is 0 Å². The van der Waals surface area contributed by atoms with Gasteiger partial charge >= 0.3 is 0 Å². The first-order chi connectivity index (χ1) is 10.2. The molecule has 0 aliphatic heterocycles. The minimum Gasteiger partial charge on any atom is -0.373 e. The van der Waals surface area contributed by atoms with Crippen molar-refractivity contribution in [2.24, 2.45) is 5.73 Å². The Labute approximate surface area is 127 Å². The highest BCUT2D eigenvalue weighted by Gasteiger charge is 2.21. The second-order valence-corrected chi connectivity index (χ2v) is 5.65. The maximum atomic E-state index is 11.4. The molecule has 21 heavy (non-hydrogen) atoms. The number of benzene rings is 1. The predicted octanol–water partition coefficient (Wildman–Crippen LogP) is 2.32. The fraction of sp³-hybridized carbons (Fsp3) is 0.588. The van der Waals surface area contributed by atoms with Gasteiger partial charge < -0.3 is 15.8 Å². The van der Waals surface area contributed by atoms with Crippen LogP contribution in [0.25, 0.3) is 0 Å². The summed E-state index contributed by atoms with van der Waals surface area (Å²) in [5, 5.41) is 3.17. The SMILES string of the molecule is CCCNC(CCOC1CCCc2ccccc21)C(N)=O. The van der Waals surface area contributed by atoms with E-state index in [1.165, 1.54) is 11.1 Å². The van der Waals surface area contributed by atoms with Gasteiger partial charge in [0, 0.05) is 6.61 Å². The van der Waals surface area contributed by atoms with Gasteiger partial charge in [-0.05, 0) is 49.8 Å². The Balaban J connectivity index is 1.84. The number of primary amides is 1. The van der Waals surface area contributed by atoms with E-state index in [9.17, 15) is 4.79 Å². The molecule has 4 nitrogen and oxygen atoms in total. The third kappa shape index (κ3) is 4.55. The predicted molar refractivity (Wildman–Crippen MR) is 84.0 cm³/mol. The van der Waals surface area contributed by atoms with Crippen molar-refractivity contribution >= 4 is 5.91 Å². The van der Waals surface area contributed by atoms with Gasteiger partial charge in [-0.25, -0.2) is 0 Å². The molecule has 1 amide bonds. The first-order valence-electron chi connectivity index (χ1n) is 7.94. The monoisotopic (exact) mass is 290 g/mol. The van der Waals surface area contributed by atoms with Gasteiger partial charge in [-0.15, -0.1) is 0 Å². The Bertz CT molecular complexity index is 462. The van der Waals surface area contributed by atoms with Gasteiger partial charge in [0.1, 0.15) is 0 Å². The quantitative estimate of drug-likeness (QED) is 0.772. The zero-order valence-electron chi connectivity index (χ0n) is 12.8. The van der Waals surface area contributed by atoms with Gasteiger partial charge in [-0.3, -0.25) is 4.79 Å². The van der Waals surface area contributed by atoms with Crippen molar-refractivity contribution in [1.29, 1.82) is 0 Å². The number of ether oxygens (including phenoxy) is 1. The number of nitrogens with one attached hydrogen (secondary N) is 1. The largest absolute Gasteiger partial charge is 0.373 e. The van der Waals surface area contributed by atoms with Crippen LogP contribution in [0.2, 0.25) is 0 Å². The molecule has 1 aliphatic carbocycles. The number of amides is 1. The second-order valence-electron chi connectivity index (χ2n) is 5.65. The molecular weight excluding hydrogens is 264 g/mol. The third-order valence-electron chi connectivity index (χ3n) is 4.02. The molecule has 2 rings (SSSR count). The first-order valence-corrected chi connectivity index (χ1v) is 7.94. The molecule has 3 N–H and O–H groups in total. The molecule has 0 fully saturated rings. The number of hydrogen-bond acceptors (Lipinski definition) is 3. The maximum absolute atomic E-state index is 11.4. The molecule has 1 aliphatic rings. The molecule has 2 unspecified atom stereocenters. The van der Waals surface area contributed by atoms with Gasteiger partial charge in [0.05, 0.1) is 12.1 Å². The van der Waals surface area contributed by atoms with Crippen molar-refractivity contribution in [2.45, 2.75) is 51.2 Å². The Kier molecular flexibility index (Phi) is 6.21. The fourth-order valence-corrected chi connectivity index (χ4v) is 2.87. The molecule has 0 radical (unpaired) electrons. The molecule has 1 aromatic rings. The molecule has 2 atom stereocenters. The van der Waals surface area contributed by atoms with E-state index in [1.807, 2.05) is 0 Å². The van der Waals surface area contributed by atoms with E-state index in [4.69, 9.17) is 10.5 Å². The lowest BCUT2D eigenvalue weighted by molar-refractivity contribution is -0.120. The Morgan fingerprint density at radius 1 is 1.48 bits per heavy atom. The van der Waals surface area contributed by atoms with Crippen LogP contribution in [-0.2, 0) is 16.0 Å². The van der Waals surface area contributed by atoms with Crippen LogP contribution in [0.4, 0.5) is 0 Å². The second kappa shape index (κ2) is 8.15. The molecule has 0 saturated carbocycles. The van der Waals surface area contributed by atoms with E-state index < -0.39 is 0 Å². The molecule has 4 heteroatoms. The summed E-state index contributed by atoms with van der Waals surface area (Å²) in [7, 11) is 0. The van der Waals surface area contributed by atoms with Crippen LogP contribution in [0.1, 0.15) is 49.8 Å². The van der Waals surface area contributed by atoms with Crippen LogP contribution < -0.4 is 11.1 Å². The summed E-state index contributed by atoms with van der Waals surface area (Å²) < 4.78 is 6.02. The summed E-state index contributed by atoms with van der Waals surface area (Å²) in [4.78, 5) is 11.4. The lowest BCUT2D eigenvalue weighted by Crippen LogP contribution is -2.42. The van der Waals surface area contributed by atoms with Crippen LogP contribution in [0.5, 0.6) is 0 Å².